The van der Waals surface area contributed by atoms with Crippen LogP contribution in [0, 0.1) is 0 Å². The molecular formula is C28H37N3O3. The lowest BCUT2D eigenvalue weighted by Gasteiger charge is -2.41. The second kappa shape index (κ2) is 9.68. The summed E-state index contributed by atoms with van der Waals surface area (Å²) in [6, 6.07) is 14.4. The maximum atomic E-state index is 13.3. The third kappa shape index (κ3) is 4.99. The first-order valence-corrected chi connectivity index (χ1v) is 12.7. The van der Waals surface area contributed by atoms with E-state index >= 15 is 0 Å². The Hall–Kier alpha value is -2.41. The maximum Gasteiger partial charge on any atom is 0.254 e. The summed E-state index contributed by atoms with van der Waals surface area (Å²) in [7, 11) is 0. The molecule has 6 nitrogen and oxygen atoms in total. The van der Waals surface area contributed by atoms with Crippen LogP contribution in [0.2, 0.25) is 0 Å². The first kappa shape index (κ1) is 23.3. The van der Waals surface area contributed by atoms with Gasteiger partial charge >= 0.3 is 0 Å². The highest BCUT2D eigenvalue weighted by Crippen LogP contribution is 2.36. The van der Waals surface area contributed by atoms with E-state index in [1.54, 1.807) is 0 Å². The van der Waals surface area contributed by atoms with Crippen LogP contribution in [0.5, 0.6) is 5.75 Å². The van der Waals surface area contributed by atoms with Gasteiger partial charge in [-0.2, -0.15) is 0 Å². The fourth-order valence-electron chi connectivity index (χ4n) is 5.72. The monoisotopic (exact) mass is 463 g/mol. The zero-order valence-corrected chi connectivity index (χ0v) is 20.4. The van der Waals surface area contributed by atoms with E-state index in [2.05, 4.69) is 54.4 Å². The number of nitrogens with one attached hydrogen (secondary N) is 1. The van der Waals surface area contributed by atoms with Crippen molar-refractivity contribution in [2.45, 2.75) is 57.3 Å². The van der Waals surface area contributed by atoms with Crippen LogP contribution in [0.15, 0.2) is 42.5 Å². The lowest BCUT2D eigenvalue weighted by molar-refractivity contribution is 0.0430. The number of benzene rings is 2. The zero-order chi connectivity index (χ0) is 23.7. The van der Waals surface area contributed by atoms with Gasteiger partial charge in [0.05, 0.1) is 6.10 Å². The number of aliphatic hydroxyl groups is 1. The predicted octanol–water partition coefficient (Wildman–Crippen LogP) is 2.97. The molecule has 0 aromatic heterocycles. The van der Waals surface area contributed by atoms with Gasteiger partial charge in [-0.25, -0.2) is 0 Å². The SMILES string of the molecule is CC1(C)CN(C[C@H](O)CN2CCc3ccccc3C2)C(=O)c2ccc(OC3CCNCC3)cc21. The van der Waals surface area contributed by atoms with Crippen LogP contribution in [0.1, 0.15) is 53.7 Å². The van der Waals surface area contributed by atoms with E-state index in [9.17, 15) is 9.90 Å². The van der Waals surface area contributed by atoms with Gasteiger partial charge in [-0.15, -0.1) is 0 Å². The minimum Gasteiger partial charge on any atom is -0.490 e. The standard InChI is InChI=1S/C28H37N3O3/c1-28(2)19-31(18-22(32)17-30-14-11-20-5-3-4-6-21(20)16-30)27(33)25-8-7-24(15-26(25)28)34-23-9-12-29-13-10-23/h3-8,15,22-23,29,32H,9-14,16-19H2,1-2H3/t22-/m1/s1. The minimum atomic E-state index is -0.575. The number of carbonyl (C=O) groups is 1. The lowest BCUT2D eigenvalue weighted by atomic mass is 9.78. The summed E-state index contributed by atoms with van der Waals surface area (Å²) >= 11 is 0. The van der Waals surface area contributed by atoms with Crippen LogP contribution in [0.25, 0.3) is 0 Å². The Labute approximate surface area is 202 Å². The third-order valence-electron chi connectivity index (χ3n) is 7.52. The Morgan fingerprint density at radius 2 is 1.88 bits per heavy atom. The van der Waals surface area contributed by atoms with Gasteiger partial charge in [-0.05, 0) is 67.2 Å². The Bertz CT molecular complexity index is 1030. The Morgan fingerprint density at radius 1 is 1.12 bits per heavy atom. The molecule has 3 aliphatic rings. The molecule has 0 saturated carbocycles. The first-order valence-electron chi connectivity index (χ1n) is 12.7. The number of ether oxygens (including phenoxy) is 1. The molecule has 3 heterocycles. The molecule has 0 unspecified atom stereocenters. The molecule has 5 rings (SSSR count). The van der Waals surface area contributed by atoms with Crippen molar-refractivity contribution in [1.82, 2.24) is 15.1 Å². The largest absolute Gasteiger partial charge is 0.490 e. The second-order valence-electron chi connectivity index (χ2n) is 10.8. The summed E-state index contributed by atoms with van der Waals surface area (Å²) in [6.45, 7) is 9.64. The van der Waals surface area contributed by atoms with Gasteiger partial charge in [0.25, 0.3) is 5.91 Å². The molecule has 0 spiro atoms. The number of nitrogens with zero attached hydrogens (tertiary/aromatic N) is 2. The van der Waals surface area contributed by atoms with E-state index in [0.717, 1.165) is 62.3 Å². The molecule has 0 aliphatic carbocycles. The second-order valence-corrected chi connectivity index (χ2v) is 10.8. The van der Waals surface area contributed by atoms with Crippen molar-refractivity contribution in [2.24, 2.45) is 0 Å². The van der Waals surface area contributed by atoms with Gasteiger partial charge in [-0.3, -0.25) is 9.69 Å². The van der Waals surface area contributed by atoms with Crippen molar-refractivity contribution in [3.05, 3.63) is 64.7 Å². The molecule has 2 aromatic rings. The molecule has 182 valence electrons. The highest BCUT2D eigenvalue weighted by atomic mass is 16.5. The average Bonchev–Trinajstić information content (AvgIpc) is 2.83. The topological polar surface area (TPSA) is 65.0 Å². The first-order chi connectivity index (χ1) is 16.4. The molecule has 3 aliphatic heterocycles. The quantitative estimate of drug-likeness (QED) is 0.690. The van der Waals surface area contributed by atoms with Crippen molar-refractivity contribution in [3.63, 3.8) is 0 Å². The van der Waals surface area contributed by atoms with E-state index < -0.39 is 6.10 Å². The van der Waals surface area contributed by atoms with Gasteiger partial charge in [-0.1, -0.05) is 38.1 Å². The summed E-state index contributed by atoms with van der Waals surface area (Å²) in [5.74, 6) is 0.858. The molecule has 2 N–H and O–H groups in total. The molecule has 1 fully saturated rings. The molecule has 0 radical (unpaired) electrons. The van der Waals surface area contributed by atoms with Gasteiger partial charge in [0, 0.05) is 43.7 Å². The summed E-state index contributed by atoms with van der Waals surface area (Å²) in [6.07, 6.45) is 2.68. The number of β-amino-alcohol motifs (C(OH)–C–C–N with tert-alkyl or cyclic N) is 1. The fourth-order valence-corrected chi connectivity index (χ4v) is 5.72. The van der Waals surface area contributed by atoms with Crippen LogP contribution in [0.4, 0.5) is 0 Å². The van der Waals surface area contributed by atoms with Crippen molar-refractivity contribution < 1.29 is 14.6 Å². The molecule has 1 saturated heterocycles. The molecule has 0 bridgehead atoms. The van der Waals surface area contributed by atoms with Gasteiger partial charge in [0.2, 0.25) is 0 Å². The predicted molar refractivity (Wildman–Crippen MR) is 133 cm³/mol. The molecule has 6 heteroatoms. The number of carbonyl (C=O) groups excluding carboxylic acids is 1. The van der Waals surface area contributed by atoms with Crippen molar-refractivity contribution in [2.75, 3.05) is 39.3 Å². The van der Waals surface area contributed by atoms with Crippen LogP contribution in [-0.4, -0.2) is 72.3 Å². The van der Waals surface area contributed by atoms with Crippen molar-refractivity contribution in [1.29, 1.82) is 0 Å². The summed E-state index contributed by atoms with van der Waals surface area (Å²) < 4.78 is 6.24. The molecular weight excluding hydrogens is 426 g/mol. The van der Waals surface area contributed by atoms with E-state index in [4.69, 9.17) is 4.74 Å². The average molecular weight is 464 g/mol. The number of rotatable bonds is 6. The number of aliphatic hydroxyl groups excluding tert-OH is 1. The van der Waals surface area contributed by atoms with Crippen molar-refractivity contribution in [3.8, 4) is 5.75 Å². The van der Waals surface area contributed by atoms with Crippen LogP contribution < -0.4 is 10.1 Å². The number of hydrogen-bond acceptors (Lipinski definition) is 5. The Kier molecular flexibility index (Phi) is 6.65. The lowest BCUT2D eigenvalue weighted by Crippen LogP contribution is -2.51. The van der Waals surface area contributed by atoms with Crippen LogP contribution >= 0.6 is 0 Å². The number of hydrogen-bond donors (Lipinski definition) is 2. The number of fused-ring (bicyclic) bond motifs is 2. The normalized spacial score (nSPS) is 21.6. The molecule has 1 amide bonds. The molecule has 2 aromatic carbocycles. The van der Waals surface area contributed by atoms with E-state index in [1.807, 2.05) is 17.0 Å². The van der Waals surface area contributed by atoms with E-state index in [0.29, 0.717) is 19.6 Å². The fraction of sp³-hybridized carbons (Fsp3) is 0.536. The zero-order valence-electron chi connectivity index (χ0n) is 20.4. The van der Waals surface area contributed by atoms with E-state index in [-0.39, 0.29) is 17.4 Å². The van der Waals surface area contributed by atoms with Crippen LogP contribution in [0.3, 0.4) is 0 Å². The summed E-state index contributed by atoms with van der Waals surface area (Å²) in [5.41, 5.74) is 4.31. The summed E-state index contributed by atoms with van der Waals surface area (Å²) in [5, 5.41) is 14.3. The minimum absolute atomic E-state index is 0.00535. The molecule has 34 heavy (non-hydrogen) atoms. The van der Waals surface area contributed by atoms with Crippen molar-refractivity contribution >= 4 is 5.91 Å². The molecule has 1 atom stereocenters. The van der Waals surface area contributed by atoms with E-state index in [1.165, 1.54) is 11.1 Å². The maximum absolute atomic E-state index is 13.3. The Morgan fingerprint density at radius 3 is 2.68 bits per heavy atom. The summed E-state index contributed by atoms with van der Waals surface area (Å²) in [4.78, 5) is 17.5. The van der Waals surface area contributed by atoms with Gasteiger partial charge in [0.15, 0.2) is 0 Å². The van der Waals surface area contributed by atoms with Crippen LogP contribution in [-0.2, 0) is 18.4 Å². The van der Waals surface area contributed by atoms with Gasteiger partial charge < -0.3 is 20.1 Å². The smallest absolute Gasteiger partial charge is 0.254 e. The highest BCUT2D eigenvalue weighted by molar-refractivity contribution is 5.97. The Balaban J connectivity index is 1.24. The number of piperidine rings is 1. The van der Waals surface area contributed by atoms with Gasteiger partial charge in [0.1, 0.15) is 11.9 Å². The third-order valence-corrected chi connectivity index (χ3v) is 7.52. The number of amides is 1. The highest BCUT2D eigenvalue weighted by Gasteiger charge is 2.38.